The maximum absolute atomic E-state index is 14.6. The lowest BCUT2D eigenvalue weighted by Gasteiger charge is -2.28. The topological polar surface area (TPSA) is 56.1 Å². The Morgan fingerprint density at radius 1 is 1.30 bits per heavy atom. The molecule has 0 spiro atoms. The zero-order chi connectivity index (χ0) is 21.3. The van der Waals surface area contributed by atoms with Crippen LogP contribution in [-0.2, 0) is 4.74 Å². The predicted octanol–water partition coefficient (Wildman–Crippen LogP) is 4.59. The zero-order valence-corrected chi connectivity index (χ0v) is 16.2. The van der Waals surface area contributed by atoms with Crippen LogP contribution in [0.15, 0.2) is 42.7 Å². The van der Waals surface area contributed by atoms with E-state index in [9.17, 15) is 18.0 Å². The van der Waals surface area contributed by atoms with Crippen molar-refractivity contribution in [2.45, 2.75) is 32.4 Å². The summed E-state index contributed by atoms with van der Waals surface area (Å²) in [4.78, 5) is 14.2. The smallest absolute Gasteiger partial charge is 0.387 e. The van der Waals surface area contributed by atoms with Crippen molar-refractivity contribution < 1.29 is 27.4 Å². The van der Waals surface area contributed by atoms with Gasteiger partial charge in [0.1, 0.15) is 17.1 Å². The molecule has 0 amide bonds. The molecule has 3 aromatic rings. The van der Waals surface area contributed by atoms with Gasteiger partial charge in [0.2, 0.25) is 0 Å². The van der Waals surface area contributed by atoms with Crippen LogP contribution in [0.4, 0.5) is 18.9 Å². The van der Waals surface area contributed by atoms with Crippen LogP contribution in [-0.4, -0.2) is 35.3 Å². The van der Waals surface area contributed by atoms with E-state index in [1.807, 2.05) is 11.0 Å². The standard InChI is InChI=1S/C21H20F3N3O3/c1-2-29-20(28)16-12-25-27-9-7-13(10-19(16)27)26-8-3-4-18(26)15-11-14(30-21(23)24)5-6-17(15)22/h5-7,9-12,18,21H,2-4,8H2,1H3/t18-/m1/s1. The number of halogens is 3. The van der Waals surface area contributed by atoms with Crippen LogP contribution in [0.3, 0.4) is 0 Å². The molecular weight excluding hydrogens is 399 g/mol. The van der Waals surface area contributed by atoms with Crippen LogP contribution >= 0.6 is 0 Å². The third-order valence-electron chi connectivity index (χ3n) is 5.14. The average Bonchev–Trinajstić information content (AvgIpc) is 3.35. The number of ether oxygens (including phenoxy) is 2. The molecule has 0 radical (unpaired) electrons. The number of rotatable bonds is 6. The van der Waals surface area contributed by atoms with Gasteiger partial charge in [0.05, 0.1) is 24.4 Å². The van der Waals surface area contributed by atoms with E-state index >= 15 is 0 Å². The number of benzene rings is 1. The third kappa shape index (κ3) is 3.79. The molecule has 1 aliphatic rings. The first kappa shape index (κ1) is 20.1. The Labute approximate surface area is 170 Å². The minimum Gasteiger partial charge on any atom is -0.462 e. The number of nitrogens with zero attached hydrogens (tertiary/aromatic N) is 3. The summed E-state index contributed by atoms with van der Waals surface area (Å²) in [6.07, 6.45) is 4.63. The molecule has 158 valence electrons. The molecule has 0 unspecified atom stereocenters. The SMILES string of the molecule is CCOC(=O)c1cnn2ccc(N3CCC[C@@H]3c3cc(OC(F)F)ccc3F)cc12. The van der Waals surface area contributed by atoms with Crippen molar-refractivity contribution in [3.8, 4) is 5.75 Å². The lowest BCUT2D eigenvalue weighted by molar-refractivity contribution is -0.0499. The first-order valence-corrected chi connectivity index (χ1v) is 9.63. The second-order valence-electron chi connectivity index (χ2n) is 6.91. The second kappa shape index (κ2) is 8.25. The Kier molecular flexibility index (Phi) is 5.52. The second-order valence-corrected chi connectivity index (χ2v) is 6.91. The van der Waals surface area contributed by atoms with E-state index in [0.717, 1.165) is 18.2 Å². The highest BCUT2D eigenvalue weighted by molar-refractivity contribution is 5.97. The molecule has 1 fully saturated rings. The summed E-state index contributed by atoms with van der Waals surface area (Å²) in [6, 6.07) is 6.94. The van der Waals surface area contributed by atoms with Crippen LogP contribution in [0.5, 0.6) is 5.75 Å². The third-order valence-corrected chi connectivity index (χ3v) is 5.14. The number of hydrogen-bond acceptors (Lipinski definition) is 5. The highest BCUT2D eigenvalue weighted by Gasteiger charge is 2.29. The minimum atomic E-state index is -2.98. The molecule has 2 aromatic heterocycles. The Morgan fingerprint density at radius 2 is 2.13 bits per heavy atom. The van der Waals surface area contributed by atoms with E-state index in [4.69, 9.17) is 4.74 Å². The molecule has 6 nitrogen and oxygen atoms in total. The summed E-state index contributed by atoms with van der Waals surface area (Å²) in [5, 5.41) is 4.17. The first-order chi connectivity index (χ1) is 14.5. The molecule has 1 atom stereocenters. The van der Waals surface area contributed by atoms with Gasteiger partial charge in [-0.05, 0) is 50.1 Å². The number of fused-ring (bicyclic) bond motifs is 1. The van der Waals surface area contributed by atoms with E-state index in [1.165, 1.54) is 18.3 Å². The van der Waals surface area contributed by atoms with E-state index in [2.05, 4.69) is 9.84 Å². The number of alkyl halides is 2. The Balaban J connectivity index is 1.69. The Hall–Kier alpha value is -3.23. The molecule has 1 saturated heterocycles. The van der Waals surface area contributed by atoms with Gasteiger partial charge in [-0.15, -0.1) is 0 Å². The fraction of sp³-hybridized carbons (Fsp3) is 0.333. The van der Waals surface area contributed by atoms with Crippen molar-refractivity contribution in [1.82, 2.24) is 9.61 Å². The van der Waals surface area contributed by atoms with Crippen molar-refractivity contribution in [2.75, 3.05) is 18.1 Å². The molecule has 0 saturated carbocycles. The lowest BCUT2D eigenvalue weighted by Crippen LogP contribution is -2.23. The lowest BCUT2D eigenvalue weighted by atomic mass is 10.0. The summed E-state index contributed by atoms with van der Waals surface area (Å²) >= 11 is 0. The van der Waals surface area contributed by atoms with Crippen molar-refractivity contribution >= 4 is 17.2 Å². The molecule has 0 N–H and O–H groups in total. The highest BCUT2D eigenvalue weighted by Crippen LogP contribution is 2.39. The van der Waals surface area contributed by atoms with Crippen LogP contribution < -0.4 is 9.64 Å². The van der Waals surface area contributed by atoms with Crippen LogP contribution in [0.1, 0.15) is 41.7 Å². The van der Waals surface area contributed by atoms with Gasteiger partial charge in [0, 0.05) is 24.0 Å². The number of carbonyl (C=O) groups excluding carboxylic acids is 1. The van der Waals surface area contributed by atoms with E-state index in [1.54, 1.807) is 23.7 Å². The van der Waals surface area contributed by atoms with Crippen molar-refractivity contribution in [3.05, 3.63) is 59.7 Å². The summed E-state index contributed by atoms with van der Waals surface area (Å²) in [5.41, 5.74) is 1.99. The fourth-order valence-corrected chi connectivity index (χ4v) is 3.87. The fourth-order valence-electron chi connectivity index (χ4n) is 3.87. The number of pyridine rings is 1. The number of hydrogen-bond donors (Lipinski definition) is 0. The number of carbonyl (C=O) groups is 1. The van der Waals surface area contributed by atoms with Crippen molar-refractivity contribution in [1.29, 1.82) is 0 Å². The molecule has 0 bridgehead atoms. The van der Waals surface area contributed by atoms with Crippen LogP contribution in [0, 0.1) is 5.82 Å². The van der Waals surface area contributed by atoms with E-state index in [-0.39, 0.29) is 18.4 Å². The van der Waals surface area contributed by atoms with Gasteiger partial charge in [-0.25, -0.2) is 13.7 Å². The Bertz CT molecular complexity index is 1070. The van der Waals surface area contributed by atoms with Gasteiger partial charge < -0.3 is 14.4 Å². The van der Waals surface area contributed by atoms with E-state index in [0.29, 0.717) is 29.6 Å². The van der Waals surface area contributed by atoms with Gasteiger partial charge in [-0.1, -0.05) is 0 Å². The molecular formula is C21H20F3N3O3. The quantitative estimate of drug-likeness (QED) is 0.547. The highest BCUT2D eigenvalue weighted by atomic mass is 19.3. The normalized spacial score (nSPS) is 16.4. The Morgan fingerprint density at radius 3 is 2.90 bits per heavy atom. The number of esters is 1. The largest absolute Gasteiger partial charge is 0.462 e. The molecule has 3 heterocycles. The zero-order valence-electron chi connectivity index (χ0n) is 16.2. The van der Waals surface area contributed by atoms with Gasteiger partial charge in [0.15, 0.2) is 0 Å². The summed E-state index contributed by atoms with van der Waals surface area (Å²) < 4.78 is 50.8. The molecule has 0 aliphatic carbocycles. The monoisotopic (exact) mass is 419 g/mol. The molecule has 9 heteroatoms. The summed E-state index contributed by atoms with van der Waals surface area (Å²) in [5.74, 6) is -1.03. The minimum absolute atomic E-state index is 0.0795. The van der Waals surface area contributed by atoms with Crippen molar-refractivity contribution in [3.63, 3.8) is 0 Å². The molecule has 1 aromatic carbocycles. The van der Waals surface area contributed by atoms with Gasteiger partial charge in [-0.3, -0.25) is 0 Å². The van der Waals surface area contributed by atoms with Crippen LogP contribution in [0.2, 0.25) is 0 Å². The molecule has 1 aliphatic heterocycles. The number of anilines is 1. The van der Waals surface area contributed by atoms with E-state index < -0.39 is 18.4 Å². The number of aromatic nitrogens is 2. The van der Waals surface area contributed by atoms with Crippen LogP contribution in [0.25, 0.3) is 5.52 Å². The maximum Gasteiger partial charge on any atom is 0.387 e. The van der Waals surface area contributed by atoms with Gasteiger partial charge in [0.25, 0.3) is 0 Å². The summed E-state index contributed by atoms with van der Waals surface area (Å²) in [7, 11) is 0. The maximum atomic E-state index is 14.6. The average molecular weight is 419 g/mol. The summed E-state index contributed by atoms with van der Waals surface area (Å²) in [6.45, 7) is -0.346. The molecule has 30 heavy (non-hydrogen) atoms. The first-order valence-electron chi connectivity index (χ1n) is 9.63. The predicted molar refractivity (Wildman–Crippen MR) is 104 cm³/mol. The van der Waals surface area contributed by atoms with Gasteiger partial charge >= 0.3 is 12.6 Å². The van der Waals surface area contributed by atoms with Gasteiger partial charge in [-0.2, -0.15) is 13.9 Å². The van der Waals surface area contributed by atoms with Crippen molar-refractivity contribution in [2.24, 2.45) is 0 Å². The molecule has 4 rings (SSSR count).